The molecule has 21 heavy (non-hydrogen) atoms. The molecule has 0 saturated carbocycles. The van der Waals surface area contributed by atoms with Crippen LogP contribution in [0.2, 0.25) is 0 Å². The lowest BCUT2D eigenvalue weighted by Gasteiger charge is -2.35. The molecule has 0 spiro atoms. The van der Waals surface area contributed by atoms with Crippen molar-refractivity contribution in [1.29, 1.82) is 0 Å². The Labute approximate surface area is 140 Å². The first-order valence-corrected chi connectivity index (χ1v) is 8.94. The molecule has 0 amide bonds. The third kappa shape index (κ3) is 4.16. The number of hydrogen-bond acceptors (Lipinski definition) is 3. The van der Waals surface area contributed by atoms with Crippen molar-refractivity contribution < 1.29 is 0 Å². The van der Waals surface area contributed by atoms with Crippen molar-refractivity contribution >= 4 is 27.3 Å². The molecule has 0 radical (unpaired) electrons. The van der Waals surface area contributed by atoms with Crippen molar-refractivity contribution in [3.8, 4) is 0 Å². The summed E-state index contributed by atoms with van der Waals surface area (Å²) in [5.74, 6) is 0. The van der Waals surface area contributed by atoms with Gasteiger partial charge in [-0.15, -0.1) is 11.3 Å². The van der Waals surface area contributed by atoms with Gasteiger partial charge in [-0.05, 0) is 49.4 Å². The van der Waals surface area contributed by atoms with E-state index in [1.165, 1.54) is 16.0 Å². The van der Waals surface area contributed by atoms with Crippen molar-refractivity contribution in [2.75, 3.05) is 6.54 Å². The predicted octanol–water partition coefficient (Wildman–Crippen LogP) is 4.73. The fraction of sp³-hybridized carbons (Fsp3) is 0.412. The smallest absolute Gasteiger partial charge is 0.0488 e. The highest BCUT2D eigenvalue weighted by Gasteiger charge is 2.24. The molecule has 0 bridgehead atoms. The molecule has 2 N–H and O–H groups in total. The SMILES string of the molecule is Cc1ccc(C(CN)N(Cc2cccs2)C(C)C)c(Br)c1. The van der Waals surface area contributed by atoms with Gasteiger partial charge in [-0.3, -0.25) is 4.90 Å². The summed E-state index contributed by atoms with van der Waals surface area (Å²) in [5.41, 5.74) is 8.65. The molecule has 2 rings (SSSR count). The summed E-state index contributed by atoms with van der Waals surface area (Å²) in [7, 11) is 0. The van der Waals surface area contributed by atoms with Gasteiger partial charge in [0, 0.05) is 34.5 Å². The fourth-order valence-corrected chi connectivity index (χ4v) is 4.05. The summed E-state index contributed by atoms with van der Waals surface area (Å²) in [6.45, 7) is 8.14. The molecule has 0 fully saturated rings. The maximum absolute atomic E-state index is 6.12. The summed E-state index contributed by atoms with van der Waals surface area (Å²) in [6.07, 6.45) is 0. The first-order chi connectivity index (χ1) is 10.0. The number of thiophene rings is 1. The summed E-state index contributed by atoms with van der Waals surface area (Å²) >= 11 is 5.51. The van der Waals surface area contributed by atoms with Gasteiger partial charge in [0.1, 0.15) is 0 Å². The molecule has 1 heterocycles. The molecule has 0 saturated heterocycles. The van der Waals surface area contributed by atoms with Crippen LogP contribution in [-0.2, 0) is 6.54 Å². The average molecular weight is 367 g/mol. The number of benzene rings is 1. The Morgan fingerprint density at radius 1 is 1.29 bits per heavy atom. The van der Waals surface area contributed by atoms with Crippen LogP contribution in [0, 0.1) is 6.92 Å². The maximum Gasteiger partial charge on any atom is 0.0488 e. The number of nitrogens with zero attached hydrogens (tertiary/aromatic N) is 1. The molecule has 1 aromatic heterocycles. The van der Waals surface area contributed by atoms with E-state index in [0.717, 1.165) is 11.0 Å². The van der Waals surface area contributed by atoms with E-state index >= 15 is 0 Å². The van der Waals surface area contributed by atoms with Gasteiger partial charge in [-0.2, -0.15) is 0 Å². The van der Waals surface area contributed by atoms with Gasteiger partial charge in [0.2, 0.25) is 0 Å². The molecule has 1 atom stereocenters. The van der Waals surface area contributed by atoms with Crippen molar-refractivity contribution in [1.82, 2.24) is 4.90 Å². The van der Waals surface area contributed by atoms with Crippen molar-refractivity contribution in [3.05, 3.63) is 56.2 Å². The van der Waals surface area contributed by atoms with Crippen molar-refractivity contribution in [2.24, 2.45) is 5.73 Å². The second-order valence-corrected chi connectivity index (χ2v) is 7.51. The van der Waals surface area contributed by atoms with Crippen LogP contribution in [0.25, 0.3) is 0 Å². The van der Waals surface area contributed by atoms with Crippen LogP contribution >= 0.6 is 27.3 Å². The molecular formula is C17H23BrN2S. The van der Waals surface area contributed by atoms with Crippen LogP contribution < -0.4 is 5.73 Å². The summed E-state index contributed by atoms with van der Waals surface area (Å²) in [5, 5.41) is 2.13. The van der Waals surface area contributed by atoms with Gasteiger partial charge in [0.25, 0.3) is 0 Å². The standard InChI is InChI=1S/C17H23BrN2S/c1-12(2)20(11-14-5-4-8-21-14)17(10-19)15-7-6-13(3)9-16(15)18/h4-9,12,17H,10-11,19H2,1-3H3. The Bertz CT molecular complexity index is 566. The van der Waals surface area contributed by atoms with E-state index in [9.17, 15) is 0 Å². The molecule has 2 nitrogen and oxygen atoms in total. The normalized spacial score (nSPS) is 13.1. The lowest BCUT2D eigenvalue weighted by atomic mass is 10.0. The Kier molecular flexibility index (Phi) is 5.99. The fourth-order valence-electron chi connectivity index (χ4n) is 2.58. The highest BCUT2D eigenvalue weighted by Crippen LogP contribution is 2.31. The van der Waals surface area contributed by atoms with Gasteiger partial charge in [0.15, 0.2) is 0 Å². The van der Waals surface area contributed by atoms with E-state index in [-0.39, 0.29) is 6.04 Å². The quantitative estimate of drug-likeness (QED) is 0.800. The number of hydrogen-bond donors (Lipinski definition) is 1. The number of nitrogens with two attached hydrogens (primary N) is 1. The second kappa shape index (κ2) is 7.54. The molecule has 1 aromatic carbocycles. The topological polar surface area (TPSA) is 29.3 Å². The van der Waals surface area contributed by atoms with Crippen LogP contribution in [0.3, 0.4) is 0 Å². The molecule has 1 unspecified atom stereocenters. The van der Waals surface area contributed by atoms with Gasteiger partial charge >= 0.3 is 0 Å². The van der Waals surface area contributed by atoms with E-state index in [2.05, 4.69) is 77.3 Å². The van der Waals surface area contributed by atoms with Gasteiger partial charge in [-0.1, -0.05) is 34.1 Å². The van der Waals surface area contributed by atoms with E-state index in [4.69, 9.17) is 5.73 Å². The number of aryl methyl sites for hydroxylation is 1. The minimum absolute atomic E-state index is 0.224. The Morgan fingerprint density at radius 3 is 2.57 bits per heavy atom. The zero-order valence-corrected chi connectivity index (χ0v) is 15.2. The molecule has 0 aliphatic carbocycles. The molecule has 4 heteroatoms. The summed E-state index contributed by atoms with van der Waals surface area (Å²) < 4.78 is 1.15. The predicted molar refractivity (Wildman–Crippen MR) is 95.7 cm³/mol. The monoisotopic (exact) mass is 366 g/mol. The van der Waals surface area contributed by atoms with Crippen molar-refractivity contribution in [3.63, 3.8) is 0 Å². The minimum atomic E-state index is 0.224. The Morgan fingerprint density at radius 2 is 2.05 bits per heavy atom. The van der Waals surface area contributed by atoms with Crippen molar-refractivity contribution in [2.45, 2.75) is 39.4 Å². The zero-order valence-electron chi connectivity index (χ0n) is 12.8. The first kappa shape index (κ1) is 16.7. The van der Waals surface area contributed by atoms with Gasteiger partial charge in [-0.25, -0.2) is 0 Å². The second-order valence-electron chi connectivity index (χ2n) is 5.62. The van der Waals surface area contributed by atoms with Crippen LogP contribution in [0.15, 0.2) is 40.2 Å². The molecule has 0 aliphatic heterocycles. The van der Waals surface area contributed by atoms with E-state index in [1.54, 1.807) is 11.3 Å². The highest BCUT2D eigenvalue weighted by molar-refractivity contribution is 9.10. The van der Waals surface area contributed by atoms with E-state index in [0.29, 0.717) is 12.6 Å². The minimum Gasteiger partial charge on any atom is -0.329 e. The molecular weight excluding hydrogens is 344 g/mol. The third-order valence-corrected chi connectivity index (χ3v) is 5.27. The zero-order chi connectivity index (χ0) is 15.4. The van der Waals surface area contributed by atoms with Gasteiger partial charge in [0.05, 0.1) is 0 Å². The third-order valence-electron chi connectivity index (χ3n) is 3.72. The molecule has 2 aromatic rings. The van der Waals surface area contributed by atoms with Crippen LogP contribution in [0.1, 0.15) is 35.9 Å². The lowest BCUT2D eigenvalue weighted by molar-refractivity contribution is 0.149. The first-order valence-electron chi connectivity index (χ1n) is 7.27. The van der Waals surface area contributed by atoms with E-state index < -0.39 is 0 Å². The largest absolute Gasteiger partial charge is 0.329 e. The van der Waals surface area contributed by atoms with Crippen LogP contribution in [-0.4, -0.2) is 17.5 Å². The van der Waals surface area contributed by atoms with Gasteiger partial charge < -0.3 is 5.73 Å². The van der Waals surface area contributed by atoms with Crippen LogP contribution in [0.5, 0.6) is 0 Å². The highest BCUT2D eigenvalue weighted by atomic mass is 79.9. The van der Waals surface area contributed by atoms with E-state index in [1.807, 2.05) is 0 Å². The average Bonchev–Trinajstić information content (AvgIpc) is 2.93. The Hall–Kier alpha value is -0.680. The number of halogens is 1. The number of rotatable bonds is 6. The molecule has 114 valence electrons. The molecule has 0 aliphatic rings. The summed E-state index contributed by atoms with van der Waals surface area (Å²) in [6, 6.07) is 11.5. The Balaban J connectivity index is 2.31. The summed E-state index contributed by atoms with van der Waals surface area (Å²) in [4.78, 5) is 3.85. The van der Waals surface area contributed by atoms with Crippen LogP contribution in [0.4, 0.5) is 0 Å². The maximum atomic E-state index is 6.12. The lowest BCUT2D eigenvalue weighted by Crippen LogP contribution is -2.38.